The monoisotopic (exact) mass is 516 g/mol. The molecule has 3 aromatic rings. The molecule has 0 N–H and O–H groups in total. The van der Waals surface area contributed by atoms with Crippen molar-refractivity contribution in [3.8, 4) is 11.1 Å². The maximum absolute atomic E-state index is 15.6. The summed E-state index contributed by atoms with van der Waals surface area (Å²) in [6.07, 6.45) is 5.13. The van der Waals surface area contributed by atoms with E-state index in [9.17, 15) is 0 Å². The van der Waals surface area contributed by atoms with Crippen LogP contribution < -0.4 is 0 Å². The minimum atomic E-state index is -0.770. The number of hydrogen-bond donors (Lipinski definition) is 0. The molecule has 0 bridgehead atoms. The minimum Gasteiger partial charge on any atom is -0.203 e. The SMILES string of the molecule is CC(C)c1ccc(C(C)(C)c2ccc(-c3ccc(C(C)(C)C4CCC(C(C)C)CC4)cc3)c(F)c2F)cc1. The summed E-state index contributed by atoms with van der Waals surface area (Å²) in [5.41, 5.74) is 4.31. The molecule has 0 nitrogen and oxygen atoms in total. The Labute approximate surface area is 229 Å². The predicted molar refractivity (Wildman–Crippen MR) is 158 cm³/mol. The van der Waals surface area contributed by atoms with E-state index in [2.05, 4.69) is 65.8 Å². The van der Waals surface area contributed by atoms with E-state index in [4.69, 9.17) is 0 Å². The van der Waals surface area contributed by atoms with Crippen LogP contribution >= 0.6 is 0 Å². The highest BCUT2D eigenvalue weighted by Gasteiger charge is 2.35. The Hall–Kier alpha value is -2.48. The Bertz CT molecular complexity index is 1220. The normalized spacial score (nSPS) is 18.8. The molecule has 0 aromatic heterocycles. The first-order valence-electron chi connectivity index (χ1n) is 14.5. The molecule has 2 heteroatoms. The molecule has 38 heavy (non-hydrogen) atoms. The van der Waals surface area contributed by atoms with Gasteiger partial charge in [-0.15, -0.1) is 0 Å². The molecule has 0 atom stereocenters. The van der Waals surface area contributed by atoms with Gasteiger partial charge >= 0.3 is 0 Å². The third-order valence-electron chi connectivity index (χ3n) is 9.73. The van der Waals surface area contributed by atoms with Crippen molar-refractivity contribution in [2.45, 2.75) is 97.8 Å². The van der Waals surface area contributed by atoms with Crippen LogP contribution in [-0.4, -0.2) is 0 Å². The summed E-state index contributed by atoms with van der Waals surface area (Å²) in [4.78, 5) is 0. The van der Waals surface area contributed by atoms with Crippen molar-refractivity contribution in [3.05, 3.63) is 94.6 Å². The highest BCUT2D eigenvalue weighted by atomic mass is 19.2. The van der Waals surface area contributed by atoms with Gasteiger partial charge in [0.25, 0.3) is 0 Å². The lowest BCUT2D eigenvalue weighted by Gasteiger charge is -2.41. The summed E-state index contributed by atoms with van der Waals surface area (Å²) in [5.74, 6) is 1.15. The first-order valence-corrected chi connectivity index (χ1v) is 14.5. The van der Waals surface area contributed by atoms with Gasteiger partial charge in [-0.2, -0.15) is 0 Å². The molecule has 0 unspecified atom stereocenters. The van der Waals surface area contributed by atoms with E-state index >= 15 is 8.78 Å². The van der Waals surface area contributed by atoms with Gasteiger partial charge in [-0.1, -0.05) is 116 Å². The predicted octanol–water partition coefficient (Wildman–Crippen LogP) is 10.8. The van der Waals surface area contributed by atoms with Crippen molar-refractivity contribution in [1.82, 2.24) is 0 Å². The molecular weight excluding hydrogens is 470 g/mol. The van der Waals surface area contributed by atoms with Crippen LogP contribution in [0, 0.1) is 29.4 Å². The smallest absolute Gasteiger partial charge is 0.166 e. The van der Waals surface area contributed by atoms with E-state index in [1.807, 2.05) is 38.1 Å². The molecule has 4 rings (SSSR count). The largest absolute Gasteiger partial charge is 0.203 e. The summed E-state index contributed by atoms with van der Waals surface area (Å²) in [5, 5.41) is 0. The Morgan fingerprint density at radius 1 is 0.658 bits per heavy atom. The van der Waals surface area contributed by atoms with E-state index in [1.54, 1.807) is 12.1 Å². The van der Waals surface area contributed by atoms with Crippen molar-refractivity contribution >= 4 is 0 Å². The molecule has 0 radical (unpaired) electrons. The Kier molecular flexibility index (Phi) is 8.22. The fourth-order valence-electron chi connectivity index (χ4n) is 6.52. The van der Waals surface area contributed by atoms with Gasteiger partial charge in [0, 0.05) is 16.5 Å². The second kappa shape index (κ2) is 10.9. The fraction of sp³-hybridized carbons (Fsp3) is 0.500. The van der Waals surface area contributed by atoms with Crippen molar-refractivity contribution in [2.24, 2.45) is 17.8 Å². The molecular formula is C36H46F2. The topological polar surface area (TPSA) is 0 Å². The second-order valence-electron chi connectivity index (χ2n) is 13.3. The first-order chi connectivity index (χ1) is 17.8. The maximum Gasteiger partial charge on any atom is 0.166 e. The summed E-state index contributed by atoms with van der Waals surface area (Å²) < 4.78 is 31.1. The van der Waals surface area contributed by atoms with E-state index < -0.39 is 17.0 Å². The molecule has 0 heterocycles. The molecule has 1 fully saturated rings. The van der Waals surface area contributed by atoms with E-state index in [-0.39, 0.29) is 5.41 Å². The third kappa shape index (κ3) is 5.47. The Balaban J connectivity index is 1.57. The molecule has 0 spiro atoms. The summed E-state index contributed by atoms with van der Waals surface area (Å²) >= 11 is 0. The molecule has 1 saturated carbocycles. The number of rotatable bonds is 7. The lowest BCUT2D eigenvalue weighted by atomic mass is 9.64. The molecule has 0 amide bonds. The molecule has 0 saturated heterocycles. The van der Waals surface area contributed by atoms with Crippen LogP contribution in [0.3, 0.4) is 0 Å². The fourth-order valence-corrected chi connectivity index (χ4v) is 6.52. The van der Waals surface area contributed by atoms with Crippen molar-refractivity contribution < 1.29 is 8.78 Å². The molecule has 0 aliphatic heterocycles. The Morgan fingerprint density at radius 3 is 1.74 bits per heavy atom. The van der Waals surface area contributed by atoms with Crippen LogP contribution in [0.25, 0.3) is 11.1 Å². The maximum atomic E-state index is 15.6. The van der Waals surface area contributed by atoms with E-state index in [0.717, 1.165) is 23.0 Å². The van der Waals surface area contributed by atoms with Gasteiger partial charge in [-0.05, 0) is 77.0 Å². The van der Waals surface area contributed by atoms with E-state index in [0.29, 0.717) is 23.0 Å². The minimum absolute atomic E-state index is 0.0588. The van der Waals surface area contributed by atoms with Gasteiger partial charge in [0.15, 0.2) is 11.6 Å². The van der Waals surface area contributed by atoms with Crippen LogP contribution in [0.5, 0.6) is 0 Å². The van der Waals surface area contributed by atoms with Gasteiger partial charge < -0.3 is 0 Å². The van der Waals surface area contributed by atoms with Gasteiger partial charge in [0.05, 0.1) is 0 Å². The average Bonchev–Trinajstić information content (AvgIpc) is 2.90. The van der Waals surface area contributed by atoms with Gasteiger partial charge in [0.1, 0.15) is 0 Å². The molecule has 3 aromatic carbocycles. The van der Waals surface area contributed by atoms with Crippen LogP contribution in [0.2, 0.25) is 0 Å². The van der Waals surface area contributed by atoms with Crippen molar-refractivity contribution in [3.63, 3.8) is 0 Å². The quantitative estimate of drug-likeness (QED) is 0.293. The van der Waals surface area contributed by atoms with Crippen molar-refractivity contribution in [2.75, 3.05) is 0 Å². The zero-order chi connectivity index (χ0) is 27.8. The van der Waals surface area contributed by atoms with Crippen LogP contribution in [0.1, 0.15) is 109 Å². The number of hydrogen-bond acceptors (Lipinski definition) is 0. The van der Waals surface area contributed by atoms with Crippen LogP contribution in [0.4, 0.5) is 8.78 Å². The van der Waals surface area contributed by atoms with E-state index in [1.165, 1.54) is 36.8 Å². The highest BCUT2D eigenvalue weighted by Crippen LogP contribution is 2.44. The van der Waals surface area contributed by atoms with Crippen LogP contribution in [0.15, 0.2) is 60.7 Å². The third-order valence-corrected chi connectivity index (χ3v) is 9.73. The highest BCUT2D eigenvalue weighted by molar-refractivity contribution is 5.66. The summed E-state index contributed by atoms with van der Waals surface area (Å²) in [7, 11) is 0. The van der Waals surface area contributed by atoms with Crippen molar-refractivity contribution in [1.29, 1.82) is 0 Å². The molecule has 1 aliphatic carbocycles. The standard InChI is InChI=1S/C36H46F2/c1-23(2)25-9-15-28(16-10-25)35(5,6)29-19-13-27(14-20-29)31-21-22-32(34(38)33(31)37)36(7,8)30-17-11-26(12-18-30)24(3)4/h11-14,17-25,28H,9-10,15-16H2,1-8H3. The number of halogens is 2. The van der Waals surface area contributed by atoms with Gasteiger partial charge in [-0.25, -0.2) is 8.78 Å². The average molecular weight is 517 g/mol. The molecule has 1 aliphatic rings. The first kappa shape index (κ1) is 28.5. The lowest BCUT2D eigenvalue weighted by molar-refractivity contribution is 0.167. The lowest BCUT2D eigenvalue weighted by Crippen LogP contribution is -2.33. The zero-order valence-corrected chi connectivity index (χ0v) is 24.7. The van der Waals surface area contributed by atoms with Crippen LogP contribution in [-0.2, 0) is 10.8 Å². The summed E-state index contributed by atoms with van der Waals surface area (Å²) in [6.45, 7) is 17.6. The zero-order valence-electron chi connectivity index (χ0n) is 24.7. The molecule has 204 valence electrons. The summed E-state index contributed by atoms with van der Waals surface area (Å²) in [6, 6.07) is 19.9. The van der Waals surface area contributed by atoms with Gasteiger partial charge in [-0.3, -0.25) is 0 Å². The Morgan fingerprint density at radius 2 is 1.21 bits per heavy atom. The number of benzene rings is 3. The van der Waals surface area contributed by atoms with Gasteiger partial charge in [0.2, 0.25) is 0 Å². The second-order valence-corrected chi connectivity index (χ2v) is 13.3.